The van der Waals surface area contributed by atoms with E-state index in [0.29, 0.717) is 0 Å². The zero-order valence-electron chi connectivity index (χ0n) is 22.8. The molecule has 246 valence electrons. The van der Waals surface area contributed by atoms with Gasteiger partial charge in [0.25, 0.3) is 0 Å². The van der Waals surface area contributed by atoms with Crippen molar-refractivity contribution in [2.75, 3.05) is 19.7 Å². The van der Waals surface area contributed by atoms with Crippen molar-refractivity contribution in [3.8, 4) is 0 Å². The smallest absolute Gasteiger partial charge is 0.187 e. The molecule has 0 aromatic carbocycles. The van der Waals surface area contributed by atoms with Crippen molar-refractivity contribution in [2.24, 2.45) is 34.4 Å². The lowest BCUT2D eigenvalue weighted by Crippen LogP contribution is -2.68. The minimum absolute atomic E-state index is 0.0889. The van der Waals surface area contributed by atoms with Gasteiger partial charge in [0.05, 0.1) is 24.8 Å². The van der Waals surface area contributed by atoms with Gasteiger partial charge in [-0.25, -0.2) is 0 Å². The molecule has 42 heavy (non-hydrogen) atoms. The van der Waals surface area contributed by atoms with E-state index in [1.54, 1.807) is 0 Å². The highest BCUT2D eigenvalue weighted by Gasteiger charge is 2.54. The molecular weight excluding hydrogens is 568 g/mol. The molecule has 4 aliphatic rings. The number of nitrogens with two attached hydrogens (primary N) is 6. The van der Waals surface area contributed by atoms with Crippen LogP contribution in [0, 0.1) is 0 Å². The first-order valence-electron chi connectivity index (χ1n) is 13.9. The first-order chi connectivity index (χ1) is 19.8. The SMILES string of the molecule is NC[C@@H]1O[C@H](O[C@H]2[C@@H](O)[C@@H](O[C@@H]3[C@H](O)[C@H](N)C[C@H](N)[C@@H]3O[C@@H]3O[C@H](CN)[C@H](O)[C@H](O)[C@@H]3N)O[C@H]2CO)[C@H](N)[C@@H](O)[C@@H]1O. The van der Waals surface area contributed by atoms with Crippen molar-refractivity contribution in [3.05, 3.63) is 0 Å². The van der Waals surface area contributed by atoms with Crippen molar-refractivity contribution >= 4 is 0 Å². The Morgan fingerprint density at radius 1 is 0.524 bits per heavy atom. The van der Waals surface area contributed by atoms with Gasteiger partial charge in [-0.15, -0.1) is 0 Å². The summed E-state index contributed by atoms with van der Waals surface area (Å²) in [7, 11) is 0. The van der Waals surface area contributed by atoms with Gasteiger partial charge in [0, 0.05) is 25.2 Å². The highest BCUT2D eigenvalue weighted by molar-refractivity contribution is 5.02. The minimum atomic E-state index is -1.60. The van der Waals surface area contributed by atoms with E-state index >= 15 is 0 Å². The summed E-state index contributed by atoms with van der Waals surface area (Å²) >= 11 is 0. The van der Waals surface area contributed by atoms with Crippen LogP contribution in [-0.2, 0) is 28.4 Å². The van der Waals surface area contributed by atoms with Crippen molar-refractivity contribution in [3.63, 3.8) is 0 Å². The monoisotopic (exact) mass is 614 g/mol. The molecule has 3 heterocycles. The van der Waals surface area contributed by atoms with Gasteiger partial charge >= 0.3 is 0 Å². The van der Waals surface area contributed by atoms with Crippen LogP contribution in [0.1, 0.15) is 6.42 Å². The Balaban J connectivity index is 1.50. The molecule has 1 aliphatic carbocycles. The van der Waals surface area contributed by atoms with Crippen molar-refractivity contribution in [2.45, 2.75) is 123 Å². The number of rotatable bonds is 9. The maximum Gasteiger partial charge on any atom is 0.187 e. The second kappa shape index (κ2) is 14.1. The predicted octanol–water partition coefficient (Wildman–Crippen LogP) is -8.90. The number of aliphatic hydroxyl groups excluding tert-OH is 7. The molecule has 0 aromatic rings. The van der Waals surface area contributed by atoms with Gasteiger partial charge in [0.1, 0.15) is 67.1 Å². The van der Waals surface area contributed by atoms with Gasteiger partial charge in [-0.3, -0.25) is 0 Å². The first-order valence-corrected chi connectivity index (χ1v) is 13.9. The first kappa shape index (κ1) is 34.1. The fraction of sp³-hybridized carbons (Fsp3) is 1.00. The molecule has 4 rings (SSSR count). The molecule has 1 saturated carbocycles. The Bertz CT molecular complexity index is 868. The van der Waals surface area contributed by atoms with Gasteiger partial charge in [0.15, 0.2) is 18.9 Å². The van der Waals surface area contributed by atoms with Crippen LogP contribution in [0.5, 0.6) is 0 Å². The average molecular weight is 615 g/mol. The topological polar surface area (TPSA) is 353 Å². The summed E-state index contributed by atoms with van der Waals surface area (Å²) < 4.78 is 34.6. The zero-order valence-corrected chi connectivity index (χ0v) is 22.8. The number of aliphatic hydroxyl groups is 7. The summed E-state index contributed by atoms with van der Waals surface area (Å²) in [6, 6.07) is -4.18. The Morgan fingerprint density at radius 3 is 1.45 bits per heavy atom. The molecule has 0 amide bonds. The van der Waals surface area contributed by atoms with E-state index in [1.165, 1.54) is 0 Å². The van der Waals surface area contributed by atoms with Gasteiger partial charge in [-0.1, -0.05) is 0 Å². The molecule has 0 radical (unpaired) electrons. The Morgan fingerprint density at radius 2 is 0.976 bits per heavy atom. The highest BCUT2D eigenvalue weighted by atomic mass is 16.8. The quantitative estimate of drug-likeness (QED) is 0.115. The van der Waals surface area contributed by atoms with Crippen molar-refractivity contribution in [1.82, 2.24) is 0 Å². The van der Waals surface area contributed by atoms with Crippen molar-refractivity contribution in [1.29, 1.82) is 0 Å². The molecule has 19 heteroatoms. The van der Waals surface area contributed by atoms with E-state index in [9.17, 15) is 35.7 Å². The third kappa shape index (κ3) is 6.60. The van der Waals surface area contributed by atoms with Crippen LogP contribution in [0.25, 0.3) is 0 Å². The number of hydrogen-bond acceptors (Lipinski definition) is 19. The lowest BCUT2D eigenvalue weighted by Gasteiger charge is -2.47. The van der Waals surface area contributed by atoms with E-state index in [0.717, 1.165) is 0 Å². The Hall–Kier alpha value is -0.760. The molecule has 4 fully saturated rings. The normalized spacial score (nSPS) is 53.8. The molecule has 3 saturated heterocycles. The standard InChI is InChI=1S/C23H46N6O13/c24-2-7-13(32)15(34)10(28)21(37-7)40-18-6(27)1-5(26)12(31)20(18)42-23-17(36)19(9(4-30)39-23)41-22-11(29)16(35)14(33)8(3-25)38-22/h5-23,30-36H,1-4,24-29H2/t5-,6+,7-,8+,9+,10+,11-,12-,13+,14-,15-,16-,17-,18+,19-,20-,21+,22-,23-/m1/s1. The second-order valence-electron chi connectivity index (χ2n) is 11.2. The van der Waals surface area contributed by atoms with E-state index in [-0.39, 0.29) is 19.5 Å². The van der Waals surface area contributed by atoms with Crippen LogP contribution >= 0.6 is 0 Å². The third-order valence-corrected chi connectivity index (χ3v) is 8.37. The van der Waals surface area contributed by atoms with Gasteiger partial charge in [-0.2, -0.15) is 0 Å². The number of hydrogen-bond donors (Lipinski definition) is 13. The van der Waals surface area contributed by atoms with Crippen molar-refractivity contribution < 1.29 is 64.2 Å². The summed E-state index contributed by atoms with van der Waals surface area (Å²) in [6.07, 6.45) is -19.8. The van der Waals surface area contributed by atoms with Crippen LogP contribution in [0.3, 0.4) is 0 Å². The zero-order chi connectivity index (χ0) is 31.0. The third-order valence-electron chi connectivity index (χ3n) is 8.37. The summed E-state index contributed by atoms with van der Waals surface area (Å²) in [4.78, 5) is 0. The molecular formula is C23H46N6O13. The molecule has 0 unspecified atom stereocenters. The lowest BCUT2D eigenvalue weighted by atomic mass is 9.84. The second-order valence-corrected chi connectivity index (χ2v) is 11.2. The minimum Gasteiger partial charge on any atom is -0.394 e. The summed E-state index contributed by atoms with van der Waals surface area (Å²) in [5, 5.41) is 73.0. The van der Waals surface area contributed by atoms with Crippen LogP contribution in [-0.4, -0.2) is 172 Å². The van der Waals surface area contributed by atoms with Crippen LogP contribution in [0.15, 0.2) is 0 Å². The van der Waals surface area contributed by atoms with E-state index in [2.05, 4.69) is 0 Å². The van der Waals surface area contributed by atoms with Gasteiger partial charge < -0.3 is 98.6 Å². The van der Waals surface area contributed by atoms with E-state index in [4.69, 9.17) is 62.8 Å². The molecule has 19 N–H and O–H groups in total. The van der Waals surface area contributed by atoms with Crippen LogP contribution in [0.4, 0.5) is 0 Å². The molecule has 19 nitrogen and oxygen atoms in total. The molecule has 19 atom stereocenters. The maximum absolute atomic E-state index is 11.1. The average Bonchev–Trinajstić information content (AvgIpc) is 3.27. The van der Waals surface area contributed by atoms with E-state index in [1.807, 2.05) is 0 Å². The highest BCUT2D eigenvalue weighted by Crippen LogP contribution is 2.34. The predicted molar refractivity (Wildman–Crippen MR) is 138 cm³/mol. The molecule has 3 aliphatic heterocycles. The van der Waals surface area contributed by atoms with Gasteiger partial charge in [-0.05, 0) is 6.42 Å². The van der Waals surface area contributed by atoms with Crippen LogP contribution in [0.2, 0.25) is 0 Å². The summed E-state index contributed by atoms with van der Waals surface area (Å²) in [5.41, 5.74) is 35.6. The molecule has 0 bridgehead atoms. The van der Waals surface area contributed by atoms with Crippen LogP contribution < -0.4 is 34.4 Å². The molecule has 0 aromatic heterocycles. The summed E-state index contributed by atoms with van der Waals surface area (Å²) in [6.45, 7) is -0.967. The lowest BCUT2D eigenvalue weighted by molar-refractivity contribution is -0.306. The fourth-order valence-electron chi connectivity index (χ4n) is 5.74. The largest absolute Gasteiger partial charge is 0.394 e. The van der Waals surface area contributed by atoms with Gasteiger partial charge in [0.2, 0.25) is 0 Å². The van der Waals surface area contributed by atoms with E-state index < -0.39 is 123 Å². The number of ether oxygens (including phenoxy) is 6. The fourth-order valence-corrected chi connectivity index (χ4v) is 5.74. The summed E-state index contributed by atoms with van der Waals surface area (Å²) in [5.74, 6) is 0. The molecule has 0 spiro atoms. The Labute approximate surface area is 241 Å². The Kier molecular flexibility index (Phi) is 11.5. The maximum atomic E-state index is 11.1.